The van der Waals surface area contributed by atoms with E-state index in [9.17, 15) is 0 Å². The first-order valence-corrected chi connectivity index (χ1v) is 14.2. The van der Waals surface area contributed by atoms with Crippen LogP contribution in [0.2, 0.25) is 0 Å². The number of hydrogen-bond acceptors (Lipinski definition) is 5. The van der Waals surface area contributed by atoms with E-state index >= 15 is 0 Å². The molecule has 7 heteroatoms. The van der Waals surface area contributed by atoms with Crippen molar-refractivity contribution in [2.45, 2.75) is 0 Å². The first-order valence-electron chi connectivity index (χ1n) is 13.8. The Hall–Kier alpha value is -5.40. The van der Waals surface area contributed by atoms with Crippen LogP contribution >= 0.6 is 12.2 Å². The van der Waals surface area contributed by atoms with Crippen molar-refractivity contribution in [3.8, 4) is 11.4 Å². The first-order chi connectivity index (χ1) is 20.8. The Bertz CT molecular complexity index is 2190. The molecule has 4 aromatic carbocycles. The summed E-state index contributed by atoms with van der Waals surface area (Å²) in [5.74, 6) is 0.568. The van der Waals surface area contributed by atoms with Crippen molar-refractivity contribution in [2.75, 3.05) is 11.4 Å². The SMILES string of the molecule is S=C1/C=C\C=C/CN(c2ncc3c(ncn3-c3ccccc3)n2)c2ccc3c4ccccc4n(-c4ccccc4)c3c21. The van der Waals surface area contributed by atoms with Gasteiger partial charge in [-0.15, -0.1) is 0 Å². The van der Waals surface area contributed by atoms with E-state index in [0.717, 1.165) is 49.4 Å². The van der Waals surface area contributed by atoms with Crippen LogP contribution in [0.5, 0.6) is 0 Å². The largest absolute Gasteiger partial charge is 0.309 e. The zero-order valence-electron chi connectivity index (χ0n) is 22.5. The van der Waals surface area contributed by atoms with Gasteiger partial charge in [0.05, 0.1) is 22.9 Å². The molecule has 0 saturated heterocycles. The Morgan fingerprint density at radius 1 is 0.690 bits per heavy atom. The standard InChI is InChI=1S/C35H24N6S/c42-31-18-8-3-11-21-39(35-36-22-30-34(38-35)37-23-40(30)24-12-4-1-5-13-24)29-20-19-27-26-16-9-10-17-28(26)41(33(27)32(29)31)25-14-6-2-7-15-25/h1-20,22-23H,21H2/b11-3-,18-8-. The Labute approximate surface area is 247 Å². The van der Waals surface area contributed by atoms with Gasteiger partial charge >= 0.3 is 0 Å². The second kappa shape index (κ2) is 9.90. The fourth-order valence-electron chi connectivity index (χ4n) is 5.84. The van der Waals surface area contributed by atoms with Gasteiger partial charge in [-0.2, -0.15) is 4.98 Å². The number of nitrogens with zero attached hydrogens (tertiary/aromatic N) is 6. The molecular formula is C35H24N6S. The van der Waals surface area contributed by atoms with E-state index in [4.69, 9.17) is 22.2 Å². The molecule has 0 spiro atoms. The Kier molecular flexibility index (Phi) is 5.75. The van der Waals surface area contributed by atoms with Crippen molar-refractivity contribution in [1.82, 2.24) is 24.1 Å². The van der Waals surface area contributed by atoms with Crippen LogP contribution in [-0.2, 0) is 0 Å². The van der Waals surface area contributed by atoms with Crippen LogP contribution < -0.4 is 4.90 Å². The predicted molar refractivity (Wildman–Crippen MR) is 174 cm³/mol. The molecule has 0 fully saturated rings. The quantitative estimate of drug-likeness (QED) is 0.206. The van der Waals surface area contributed by atoms with Crippen LogP contribution in [0.1, 0.15) is 5.56 Å². The molecule has 1 aliphatic heterocycles. The van der Waals surface area contributed by atoms with Gasteiger partial charge in [-0.25, -0.2) is 9.97 Å². The number of aromatic nitrogens is 5. The van der Waals surface area contributed by atoms with Crippen LogP contribution in [0.15, 0.2) is 134 Å². The number of para-hydroxylation sites is 3. The smallest absolute Gasteiger partial charge is 0.232 e. The highest BCUT2D eigenvalue weighted by atomic mass is 32.1. The van der Waals surface area contributed by atoms with E-state index in [0.29, 0.717) is 18.1 Å². The summed E-state index contributed by atoms with van der Waals surface area (Å²) >= 11 is 6.13. The number of allylic oxidation sites excluding steroid dienone is 3. The van der Waals surface area contributed by atoms with Gasteiger partial charge in [0.25, 0.3) is 0 Å². The average molecular weight is 561 g/mol. The zero-order chi connectivity index (χ0) is 28.0. The summed E-state index contributed by atoms with van der Waals surface area (Å²) in [6.07, 6.45) is 11.8. The summed E-state index contributed by atoms with van der Waals surface area (Å²) in [5.41, 5.74) is 7.70. The lowest BCUT2D eigenvalue weighted by Gasteiger charge is -2.25. The minimum absolute atomic E-state index is 0.568. The highest BCUT2D eigenvalue weighted by molar-refractivity contribution is 7.81. The fraction of sp³-hybridized carbons (Fsp3) is 0.0286. The molecule has 42 heavy (non-hydrogen) atoms. The van der Waals surface area contributed by atoms with E-state index in [1.54, 1.807) is 6.33 Å². The Morgan fingerprint density at radius 3 is 2.29 bits per heavy atom. The summed E-state index contributed by atoms with van der Waals surface area (Å²) < 4.78 is 4.32. The van der Waals surface area contributed by atoms with Gasteiger partial charge in [0.1, 0.15) is 11.8 Å². The lowest BCUT2D eigenvalue weighted by atomic mass is 10.0. The molecule has 0 saturated carbocycles. The van der Waals surface area contributed by atoms with Crippen molar-refractivity contribution in [3.05, 3.63) is 139 Å². The molecule has 0 bridgehead atoms. The maximum Gasteiger partial charge on any atom is 0.232 e. The van der Waals surface area contributed by atoms with E-state index < -0.39 is 0 Å². The summed E-state index contributed by atoms with van der Waals surface area (Å²) in [4.78, 5) is 17.3. The molecule has 0 aliphatic carbocycles. The summed E-state index contributed by atoms with van der Waals surface area (Å²) in [6, 6.07) is 33.4. The lowest BCUT2D eigenvalue weighted by Crippen LogP contribution is -2.22. The predicted octanol–water partition coefficient (Wildman–Crippen LogP) is 7.89. The summed E-state index contributed by atoms with van der Waals surface area (Å²) in [7, 11) is 0. The van der Waals surface area contributed by atoms with Crippen LogP contribution in [0.3, 0.4) is 0 Å². The fourth-order valence-corrected chi connectivity index (χ4v) is 6.12. The Balaban J connectivity index is 1.38. The molecule has 1 aliphatic rings. The van der Waals surface area contributed by atoms with Gasteiger partial charge in [-0.3, -0.25) is 4.57 Å². The van der Waals surface area contributed by atoms with Gasteiger partial charge in [-0.1, -0.05) is 91.1 Å². The van der Waals surface area contributed by atoms with Gasteiger partial charge in [-0.05, 0) is 42.5 Å². The van der Waals surface area contributed by atoms with Crippen LogP contribution in [-0.4, -0.2) is 35.5 Å². The number of benzene rings is 4. The van der Waals surface area contributed by atoms with Crippen molar-refractivity contribution in [2.24, 2.45) is 0 Å². The molecule has 6 nitrogen and oxygen atoms in total. The number of rotatable bonds is 3. The van der Waals surface area contributed by atoms with Crippen molar-refractivity contribution < 1.29 is 0 Å². The number of thiocarbonyl (C=S) groups is 1. The lowest BCUT2D eigenvalue weighted by molar-refractivity contribution is 0.996. The third-order valence-electron chi connectivity index (χ3n) is 7.72. The van der Waals surface area contributed by atoms with Crippen LogP contribution in [0.4, 0.5) is 11.6 Å². The maximum atomic E-state index is 6.13. The molecule has 0 unspecified atom stereocenters. The van der Waals surface area contributed by atoms with E-state index in [1.807, 2.05) is 65.4 Å². The molecule has 4 heterocycles. The third kappa shape index (κ3) is 3.86. The van der Waals surface area contributed by atoms with E-state index in [2.05, 4.69) is 81.2 Å². The van der Waals surface area contributed by atoms with Gasteiger partial charge in [0.2, 0.25) is 5.95 Å². The van der Waals surface area contributed by atoms with E-state index in [1.165, 1.54) is 5.39 Å². The molecule has 0 radical (unpaired) electrons. The first kappa shape index (κ1) is 24.4. The van der Waals surface area contributed by atoms with Crippen LogP contribution in [0.25, 0.3) is 44.3 Å². The zero-order valence-corrected chi connectivity index (χ0v) is 23.3. The number of anilines is 2. The average Bonchev–Trinajstić information content (AvgIpc) is 3.63. The molecule has 3 aromatic heterocycles. The number of hydrogen-bond donors (Lipinski definition) is 0. The molecule has 0 atom stereocenters. The van der Waals surface area contributed by atoms with E-state index in [-0.39, 0.29) is 0 Å². The summed E-state index contributed by atoms with van der Waals surface area (Å²) in [5, 5.41) is 2.33. The second-order valence-electron chi connectivity index (χ2n) is 10.1. The molecular weight excluding hydrogens is 536 g/mol. The number of imidazole rings is 1. The van der Waals surface area contributed by atoms with Gasteiger partial charge < -0.3 is 9.47 Å². The van der Waals surface area contributed by atoms with Crippen molar-refractivity contribution >= 4 is 61.7 Å². The normalized spacial score (nSPS) is 15.0. The van der Waals surface area contributed by atoms with Crippen molar-refractivity contribution in [3.63, 3.8) is 0 Å². The monoisotopic (exact) mass is 560 g/mol. The van der Waals surface area contributed by atoms with Gasteiger partial charge in [0.15, 0.2) is 5.65 Å². The third-order valence-corrected chi connectivity index (χ3v) is 8.06. The minimum Gasteiger partial charge on any atom is -0.309 e. The molecule has 7 aromatic rings. The highest BCUT2D eigenvalue weighted by Crippen LogP contribution is 2.40. The number of fused-ring (bicyclic) bond motifs is 6. The van der Waals surface area contributed by atoms with Gasteiger partial charge in [0, 0.05) is 39.1 Å². The highest BCUT2D eigenvalue weighted by Gasteiger charge is 2.25. The molecule has 200 valence electrons. The molecule has 0 N–H and O–H groups in total. The van der Waals surface area contributed by atoms with Crippen LogP contribution in [0, 0.1) is 0 Å². The topological polar surface area (TPSA) is 51.8 Å². The maximum absolute atomic E-state index is 6.13. The minimum atomic E-state index is 0.568. The molecule has 0 amide bonds. The summed E-state index contributed by atoms with van der Waals surface area (Å²) in [6.45, 7) is 0.571. The second-order valence-corrected chi connectivity index (χ2v) is 10.6. The molecule has 8 rings (SSSR count). The Morgan fingerprint density at radius 2 is 1.45 bits per heavy atom. The van der Waals surface area contributed by atoms with Crippen molar-refractivity contribution in [1.29, 1.82) is 0 Å².